The molecule has 0 aliphatic carbocycles. The Balaban J connectivity index is 1.03. The molecule has 12 aromatic rings. The molecule has 0 saturated carbocycles. The summed E-state index contributed by atoms with van der Waals surface area (Å²) in [5, 5.41) is 4.62. The molecule has 6 nitrogen and oxygen atoms in total. The maximum Gasteiger partial charge on any atom is 0.238 e. The monoisotopic (exact) mass is 792 g/mol. The van der Waals surface area contributed by atoms with E-state index < -0.39 is 0 Å². The van der Waals surface area contributed by atoms with Crippen LogP contribution in [0.15, 0.2) is 218 Å². The summed E-state index contributed by atoms with van der Waals surface area (Å²) in [5.74, 6) is 1.80. The van der Waals surface area contributed by atoms with Gasteiger partial charge in [0, 0.05) is 49.5 Å². The van der Waals surface area contributed by atoms with Gasteiger partial charge in [-0.25, -0.2) is 9.97 Å². The highest BCUT2D eigenvalue weighted by Crippen LogP contribution is 2.40. The predicted octanol–water partition coefficient (Wildman–Crippen LogP) is 13.8. The number of pyridine rings is 1. The van der Waals surface area contributed by atoms with E-state index in [1.807, 2.05) is 66.7 Å². The predicted molar refractivity (Wildman–Crippen MR) is 253 cm³/mol. The van der Waals surface area contributed by atoms with E-state index in [-0.39, 0.29) is 0 Å². The number of hydrogen-bond donors (Lipinski definition) is 0. The van der Waals surface area contributed by atoms with Crippen molar-refractivity contribution in [2.75, 3.05) is 0 Å². The number of benzene rings is 8. The van der Waals surface area contributed by atoms with Crippen LogP contribution in [0.5, 0.6) is 0 Å². The first-order chi connectivity index (χ1) is 30.7. The SMILES string of the molecule is c1ccc(-c2ccc(-c3cccc(-c4cccc(-n5c6ccccc6c6cc7c8ccccc8n(-c8nc(-c9ccccc9)nc(-c9ccccc9)n8)c7cc65)c4)n3)cc2)cc1. The molecule has 0 saturated heterocycles. The standard InChI is InChI=1S/C56H36N6/c1-4-16-37(17-5-1)38-30-32-39(33-31-38)48-26-15-27-49(57-48)42-22-14-23-43(34-42)61-50-28-12-10-24-44(50)46-35-47-45-25-11-13-29-51(45)62(53(47)36-52(46)61)56-59-54(40-18-6-2-7-19-40)58-55(60-56)41-20-8-3-9-21-41/h1-36H. The molecule has 4 aromatic heterocycles. The van der Waals surface area contributed by atoms with Crippen molar-refractivity contribution in [2.24, 2.45) is 0 Å². The lowest BCUT2D eigenvalue weighted by Crippen LogP contribution is -2.06. The molecule has 0 aliphatic rings. The van der Waals surface area contributed by atoms with E-state index >= 15 is 0 Å². The molecule has 62 heavy (non-hydrogen) atoms. The molecule has 0 atom stereocenters. The average molecular weight is 793 g/mol. The molecule has 0 unspecified atom stereocenters. The van der Waals surface area contributed by atoms with Gasteiger partial charge in [-0.05, 0) is 59.7 Å². The van der Waals surface area contributed by atoms with Crippen LogP contribution in [0.2, 0.25) is 0 Å². The molecule has 0 radical (unpaired) electrons. The van der Waals surface area contributed by atoms with Gasteiger partial charge in [0.15, 0.2) is 11.6 Å². The lowest BCUT2D eigenvalue weighted by molar-refractivity contribution is 0.953. The van der Waals surface area contributed by atoms with Crippen molar-refractivity contribution in [3.63, 3.8) is 0 Å². The fourth-order valence-electron chi connectivity index (χ4n) is 8.85. The number of aromatic nitrogens is 6. The molecule has 0 N–H and O–H groups in total. The topological polar surface area (TPSA) is 61.4 Å². The van der Waals surface area contributed by atoms with Crippen LogP contribution in [0, 0.1) is 0 Å². The van der Waals surface area contributed by atoms with Crippen molar-refractivity contribution >= 4 is 43.6 Å². The molecule has 4 heterocycles. The normalized spacial score (nSPS) is 11.5. The Morgan fingerprint density at radius 2 is 0.726 bits per heavy atom. The third kappa shape index (κ3) is 6.04. The number of fused-ring (bicyclic) bond motifs is 6. The Bertz CT molecular complexity index is 3550. The quantitative estimate of drug-likeness (QED) is 0.161. The second-order valence-electron chi connectivity index (χ2n) is 15.5. The van der Waals surface area contributed by atoms with Crippen LogP contribution in [0.4, 0.5) is 0 Å². The smallest absolute Gasteiger partial charge is 0.238 e. The van der Waals surface area contributed by atoms with Gasteiger partial charge in [-0.1, -0.05) is 170 Å². The molecule has 290 valence electrons. The van der Waals surface area contributed by atoms with Crippen molar-refractivity contribution in [1.82, 2.24) is 29.1 Å². The van der Waals surface area contributed by atoms with Crippen LogP contribution in [0.1, 0.15) is 0 Å². The van der Waals surface area contributed by atoms with E-state index in [2.05, 4.69) is 161 Å². The summed E-state index contributed by atoms with van der Waals surface area (Å²) < 4.78 is 4.57. The fourth-order valence-corrected chi connectivity index (χ4v) is 8.85. The van der Waals surface area contributed by atoms with E-state index in [1.165, 1.54) is 21.9 Å². The Kier molecular flexibility index (Phi) is 8.38. The van der Waals surface area contributed by atoms with Crippen LogP contribution in [0.3, 0.4) is 0 Å². The maximum absolute atomic E-state index is 5.20. The van der Waals surface area contributed by atoms with Crippen LogP contribution in [-0.2, 0) is 0 Å². The zero-order valence-electron chi connectivity index (χ0n) is 33.5. The first-order valence-corrected chi connectivity index (χ1v) is 20.8. The first-order valence-electron chi connectivity index (χ1n) is 20.8. The van der Waals surface area contributed by atoms with E-state index in [0.717, 1.165) is 72.2 Å². The second-order valence-corrected chi connectivity index (χ2v) is 15.5. The van der Waals surface area contributed by atoms with E-state index in [4.69, 9.17) is 19.9 Å². The molecule has 0 amide bonds. The van der Waals surface area contributed by atoms with Gasteiger partial charge in [-0.3, -0.25) is 4.57 Å². The number of rotatable bonds is 7. The van der Waals surface area contributed by atoms with Crippen molar-refractivity contribution in [1.29, 1.82) is 0 Å². The third-order valence-corrected chi connectivity index (χ3v) is 11.8. The van der Waals surface area contributed by atoms with Gasteiger partial charge >= 0.3 is 0 Å². The highest BCUT2D eigenvalue weighted by Gasteiger charge is 2.21. The van der Waals surface area contributed by atoms with Gasteiger partial charge in [0.05, 0.1) is 33.5 Å². The molecule has 0 spiro atoms. The molecular weight excluding hydrogens is 757 g/mol. The summed E-state index contributed by atoms with van der Waals surface area (Å²) in [7, 11) is 0. The second kappa shape index (κ2) is 14.7. The Morgan fingerprint density at radius 1 is 0.258 bits per heavy atom. The Morgan fingerprint density at radius 3 is 1.35 bits per heavy atom. The molecule has 0 aliphatic heterocycles. The van der Waals surface area contributed by atoms with E-state index in [9.17, 15) is 0 Å². The van der Waals surface area contributed by atoms with Crippen molar-refractivity contribution in [2.45, 2.75) is 0 Å². The highest BCUT2D eigenvalue weighted by atomic mass is 15.2. The number of para-hydroxylation sites is 2. The molecule has 6 heteroatoms. The Labute approximate surface area is 357 Å². The van der Waals surface area contributed by atoms with Crippen molar-refractivity contribution in [3.05, 3.63) is 218 Å². The summed E-state index contributed by atoms with van der Waals surface area (Å²) >= 11 is 0. The minimum atomic E-state index is 0.563. The van der Waals surface area contributed by atoms with Crippen molar-refractivity contribution < 1.29 is 0 Å². The highest BCUT2D eigenvalue weighted by molar-refractivity contribution is 6.19. The molecule has 8 aromatic carbocycles. The molecule has 0 bridgehead atoms. The summed E-state index contributed by atoms with van der Waals surface area (Å²) in [5.41, 5.74) is 13.5. The van der Waals surface area contributed by atoms with Gasteiger partial charge in [0.1, 0.15) is 0 Å². The zero-order chi connectivity index (χ0) is 41.0. The molecule has 12 rings (SSSR count). The van der Waals surface area contributed by atoms with Gasteiger partial charge in [0.25, 0.3) is 0 Å². The lowest BCUT2D eigenvalue weighted by Gasteiger charge is -2.12. The third-order valence-electron chi connectivity index (χ3n) is 11.8. The number of nitrogens with zero attached hydrogens (tertiary/aromatic N) is 6. The van der Waals surface area contributed by atoms with Crippen LogP contribution in [0.25, 0.3) is 112 Å². The average Bonchev–Trinajstić information content (AvgIpc) is 3.86. The van der Waals surface area contributed by atoms with Crippen LogP contribution in [-0.4, -0.2) is 29.1 Å². The van der Waals surface area contributed by atoms with Gasteiger partial charge < -0.3 is 4.57 Å². The largest absolute Gasteiger partial charge is 0.309 e. The Hall–Kier alpha value is -8.48. The molecular formula is C56H36N6. The summed E-state index contributed by atoms with van der Waals surface area (Å²) in [6, 6.07) is 76.2. The number of hydrogen-bond acceptors (Lipinski definition) is 4. The maximum atomic E-state index is 5.20. The zero-order valence-corrected chi connectivity index (χ0v) is 33.5. The molecule has 0 fully saturated rings. The first kappa shape index (κ1) is 35.5. The minimum absolute atomic E-state index is 0.563. The van der Waals surface area contributed by atoms with Crippen LogP contribution >= 0.6 is 0 Å². The minimum Gasteiger partial charge on any atom is -0.309 e. The summed E-state index contributed by atoms with van der Waals surface area (Å²) in [4.78, 5) is 20.6. The van der Waals surface area contributed by atoms with Gasteiger partial charge in [0.2, 0.25) is 5.95 Å². The summed E-state index contributed by atoms with van der Waals surface area (Å²) in [6.45, 7) is 0. The summed E-state index contributed by atoms with van der Waals surface area (Å²) in [6.07, 6.45) is 0. The van der Waals surface area contributed by atoms with Gasteiger partial charge in [-0.2, -0.15) is 9.97 Å². The van der Waals surface area contributed by atoms with Gasteiger partial charge in [-0.15, -0.1) is 0 Å². The fraction of sp³-hybridized carbons (Fsp3) is 0. The van der Waals surface area contributed by atoms with Crippen molar-refractivity contribution in [3.8, 4) is 68.1 Å². The van der Waals surface area contributed by atoms with E-state index in [1.54, 1.807) is 0 Å². The lowest BCUT2D eigenvalue weighted by atomic mass is 10.0. The van der Waals surface area contributed by atoms with E-state index in [0.29, 0.717) is 17.6 Å². The van der Waals surface area contributed by atoms with Crippen LogP contribution < -0.4 is 0 Å².